The molecule has 0 radical (unpaired) electrons. The summed E-state index contributed by atoms with van der Waals surface area (Å²) in [6.45, 7) is 0. The van der Waals surface area contributed by atoms with Crippen LogP contribution < -0.4 is 0 Å². The number of hydrogen-bond donors (Lipinski definition) is 1. The summed E-state index contributed by atoms with van der Waals surface area (Å²) >= 11 is 0. The van der Waals surface area contributed by atoms with Crippen LogP contribution in [0.5, 0.6) is 0 Å². The minimum atomic E-state index is -0.109. The van der Waals surface area contributed by atoms with Crippen molar-refractivity contribution >= 4 is 11.5 Å². The van der Waals surface area contributed by atoms with Crippen molar-refractivity contribution in [3.63, 3.8) is 0 Å². The smallest absolute Gasteiger partial charge is 0.163 e. The highest BCUT2D eigenvalue weighted by atomic mass is 16.3. The highest BCUT2D eigenvalue weighted by Gasteiger charge is 2.04. The average Bonchev–Trinajstić information content (AvgIpc) is 2.40. The minimum absolute atomic E-state index is 0.0107. The Kier molecular flexibility index (Phi) is 3.92. The molecule has 2 heteroatoms. The summed E-state index contributed by atoms with van der Waals surface area (Å²) in [6, 6.07) is 18.5. The Bertz CT molecular complexity index is 542. The number of carbonyl (C=O) groups is 1. The van der Waals surface area contributed by atoms with Crippen LogP contribution in [-0.4, -0.2) is 10.9 Å². The lowest BCUT2D eigenvalue weighted by atomic mass is 10.1. The molecule has 0 fully saturated rings. The van der Waals surface area contributed by atoms with Crippen molar-refractivity contribution in [1.29, 1.82) is 0 Å². The molecular formula is C16H14O2. The molecule has 2 nitrogen and oxygen atoms in total. The van der Waals surface area contributed by atoms with Crippen molar-refractivity contribution in [3.8, 4) is 0 Å². The number of hydrogen-bond acceptors (Lipinski definition) is 2. The molecule has 0 heterocycles. The van der Waals surface area contributed by atoms with Crippen LogP contribution >= 0.6 is 0 Å². The van der Waals surface area contributed by atoms with Crippen LogP contribution in [0.2, 0.25) is 0 Å². The quantitative estimate of drug-likeness (QED) is 0.654. The van der Waals surface area contributed by atoms with Gasteiger partial charge in [0.15, 0.2) is 5.78 Å². The third-order valence-corrected chi connectivity index (χ3v) is 2.59. The van der Waals surface area contributed by atoms with E-state index in [1.54, 1.807) is 12.1 Å². The fourth-order valence-corrected chi connectivity index (χ4v) is 1.69. The Morgan fingerprint density at radius 3 is 2.11 bits per heavy atom. The third kappa shape index (κ3) is 3.32. The third-order valence-electron chi connectivity index (χ3n) is 2.59. The monoisotopic (exact) mass is 238 g/mol. The van der Waals surface area contributed by atoms with E-state index in [1.807, 2.05) is 48.5 Å². The lowest BCUT2D eigenvalue weighted by Crippen LogP contribution is -1.99. The van der Waals surface area contributed by atoms with Crippen molar-refractivity contribution < 1.29 is 9.90 Å². The van der Waals surface area contributed by atoms with E-state index in [4.69, 9.17) is 0 Å². The van der Waals surface area contributed by atoms with Gasteiger partial charge in [-0.05, 0) is 5.56 Å². The van der Waals surface area contributed by atoms with Crippen LogP contribution in [0.15, 0.2) is 66.7 Å². The molecule has 0 saturated carbocycles. The first-order chi connectivity index (χ1) is 8.75. The van der Waals surface area contributed by atoms with Gasteiger partial charge >= 0.3 is 0 Å². The summed E-state index contributed by atoms with van der Waals surface area (Å²) in [5.74, 6) is -0.0981. The van der Waals surface area contributed by atoms with Crippen molar-refractivity contribution in [3.05, 3.63) is 77.9 Å². The van der Waals surface area contributed by atoms with Gasteiger partial charge < -0.3 is 5.11 Å². The molecule has 0 aromatic heterocycles. The molecule has 18 heavy (non-hydrogen) atoms. The zero-order chi connectivity index (χ0) is 12.8. The molecule has 0 saturated heterocycles. The molecule has 0 amide bonds. The molecule has 0 spiro atoms. The summed E-state index contributed by atoms with van der Waals surface area (Å²) < 4.78 is 0. The second-order valence-corrected chi connectivity index (χ2v) is 4.02. The Hall–Kier alpha value is -2.35. The van der Waals surface area contributed by atoms with Gasteiger partial charge in [-0.25, -0.2) is 0 Å². The predicted octanol–water partition coefficient (Wildman–Crippen LogP) is 3.40. The minimum Gasteiger partial charge on any atom is -0.507 e. The number of aliphatic hydroxyl groups excluding tert-OH is 1. The van der Waals surface area contributed by atoms with E-state index in [1.165, 1.54) is 6.08 Å². The standard InChI is InChI=1S/C16H14O2/c17-15(11-13-7-3-1-4-8-13)12-16(18)14-9-5-2-6-10-14/h1-10,12,18H,11H2/b16-12-. The van der Waals surface area contributed by atoms with Crippen LogP contribution in [0, 0.1) is 0 Å². The molecule has 1 N–H and O–H groups in total. The maximum atomic E-state index is 11.8. The van der Waals surface area contributed by atoms with E-state index in [2.05, 4.69) is 0 Å². The number of rotatable bonds is 4. The largest absolute Gasteiger partial charge is 0.507 e. The van der Waals surface area contributed by atoms with E-state index in [-0.39, 0.29) is 11.5 Å². The zero-order valence-electron chi connectivity index (χ0n) is 9.91. The van der Waals surface area contributed by atoms with Crippen LogP contribution in [0.1, 0.15) is 11.1 Å². The van der Waals surface area contributed by atoms with Crippen LogP contribution in [-0.2, 0) is 11.2 Å². The fraction of sp³-hybridized carbons (Fsp3) is 0.0625. The Morgan fingerprint density at radius 1 is 0.944 bits per heavy atom. The van der Waals surface area contributed by atoms with Crippen LogP contribution in [0.25, 0.3) is 5.76 Å². The summed E-state index contributed by atoms with van der Waals surface area (Å²) in [5, 5.41) is 9.81. The number of carbonyl (C=O) groups excluding carboxylic acids is 1. The van der Waals surface area contributed by atoms with Crippen molar-refractivity contribution in [2.45, 2.75) is 6.42 Å². The summed E-state index contributed by atoms with van der Waals surface area (Å²) in [5.41, 5.74) is 1.60. The van der Waals surface area contributed by atoms with Gasteiger partial charge in [0, 0.05) is 18.1 Å². The van der Waals surface area contributed by atoms with Crippen LogP contribution in [0.3, 0.4) is 0 Å². The maximum Gasteiger partial charge on any atom is 0.163 e. The highest BCUT2D eigenvalue weighted by Crippen LogP contribution is 2.11. The molecule has 0 bridgehead atoms. The van der Waals surface area contributed by atoms with E-state index in [0.29, 0.717) is 12.0 Å². The molecule has 2 rings (SSSR count). The summed E-state index contributed by atoms with van der Waals surface area (Å²) in [4.78, 5) is 11.8. The molecule has 0 atom stereocenters. The Balaban J connectivity index is 2.07. The van der Waals surface area contributed by atoms with Gasteiger partial charge in [0.25, 0.3) is 0 Å². The molecule has 0 aliphatic heterocycles. The fourth-order valence-electron chi connectivity index (χ4n) is 1.69. The van der Waals surface area contributed by atoms with E-state index >= 15 is 0 Å². The number of benzene rings is 2. The normalized spacial score (nSPS) is 11.2. The average molecular weight is 238 g/mol. The van der Waals surface area contributed by atoms with Gasteiger partial charge in [0.2, 0.25) is 0 Å². The molecule has 2 aromatic rings. The van der Waals surface area contributed by atoms with Gasteiger partial charge in [0.1, 0.15) is 5.76 Å². The second-order valence-electron chi connectivity index (χ2n) is 4.02. The first-order valence-electron chi connectivity index (χ1n) is 5.78. The SMILES string of the molecule is O=C(/C=C(\O)c1ccccc1)Cc1ccccc1. The maximum absolute atomic E-state index is 11.8. The lowest BCUT2D eigenvalue weighted by molar-refractivity contribution is -0.114. The van der Waals surface area contributed by atoms with E-state index in [9.17, 15) is 9.90 Å². The van der Waals surface area contributed by atoms with Crippen molar-refractivity contribution in [1.82, 2.24) is 0 Å². The molecule has 0 aliphatic rings. The van der Waals surface area contributed by atoms with Gasteiger partial charge in [-0.1, -0.05) is 60.7 Å². The molecule has 0 aliphatic carbocycles. The molecular weight excluding hydrogens is 224 g/mol. The molecule has 90 valence electrons. The number of ketones is 1. The lowest BCUT2D eigenvalue weighted by Gasteiger charge is -2.00. The van der Waals surface area contributed by atoms with E-state index in [0.717, 1.165) is 5.56 Å². The zero-order valence-corrected chi connectivity index (χ0v) is 9.91. The molecule has 0 unspecified atom stereocenters. The number of allylic oxidation sites excluding steroid dienone is 1. The van der Waals surface area contributed by atoms with Crippen LogP contribution in [0.4, 0.5) is 0 Å². The van der Waals surface area contributed by atoms with Crippen molar-refractivity contribution in [2.75, 3.05) is 0 Å². The predicted molar refractivity (Wildman–Crippen MR) is 72.2 cm³/mol. The number of aliphatic hydroxyl groups is 1. The topological polar surface area (TPSA) is 37.3 Å². The first kappa shape index (κ1) is 12.1. The summed E-state index contributed by atoms with van der Waals surface area (Å²) in [6.07, 6.45) is 1.58. The first-order valence-corrected chi connectivity index (χ1v) is 5.78. The van der Waals surface area contributed by atoms with Gasteiger partial charge in [0.05, 0.1) is 0 Å². The Morgan fingerprint density at radius 2 is 1.50 bits per heavy atom. The Labute approximate surface area is 106 Å². The van der Waals surface area contributed by atoms with Gasteiger partial charge in [-0.3, -0.25) is 4.79 Å². The summed E-state index contributed by atoms with van der Waals surface area (Å²) in [7, 11) is 0. The van der Waals surface area contributed by atoms with Gasteiger partial charge in [-0.2, -0.15) is 0 Å². The van der Waals surface area contributed by atoms with Crippen molar-refractivity contribution in [2.24, 2.45) is 0 Å². The molecule has 2 aromatic carbocycles. The second kappa shape index (κ2) is 5.82. The highest BCUT2D eigenvalue weighted by molar-refractivity contribution is 5.96. The van der Waals surface area contributed by atoms with Gasteiger partial charge in [-0.15, -0.1) is 0 Å². The van der Waals surface area contributed by atoms with E-state index < -0.39 is 0 Å².